The van der Waals surface area contributed by atoms with Gasteiger partial charge in [-0.3, -0.25) is 0 Å². The maximum absolute atomic E-state index is 6.48. The van der Waals surface area contributed by atoms with Crippen molar-refractivity contribution in [2.45, 2.75) is 64.1 Å². The molecule has 0 spiro atoms. The van der Waals surface area contributed by atoms with E-state index >= 15 is 0 Å². The lowest BCUT2D eigenvalue weighted by atomic mass is 9.84. The highest BCUT2D eigenvalue weighted by Crippen LogP contribution is 2.40. The van der Waals surface area contributed by atoms with Crippen molar-refractivity contribution >= 4 is 12.6 Å². The monoisotopic (exact) mass is 426 g/mol. The summed E-state index contributed by atoms with van der Waals surface area (Å²) in [5.41, 5.74) is 1.06. The number of rotatable bonds is 19. The molecule has 0 fully saturated rings. The summed E-state index contributed by atoms with van der Waals surface area (Å²) in [5.74, 6) is 0.225. The lowest BCUT2D eigenvalue weighted by molar-refractivity contribution is -0.285. The third-order valence-electron chi connectivity index (χ3n) is 5.31. The number of hydrogen-bond acceptors (Lipinski definition) is 5. The Labute approximate surface area is 184 Å². The van der Waals surface area contributed by atoms with E-state index in [1.54, 1.807) is 14.2 Å². The van der Waals surface area contributed by atoms with E-state index in [1.807, 2.05) is 18.2 Å². The SMILES string of the molecule is CCCCCCCCC(CCS)C(OCCOC)(OCCOC)c1ccccc1. The third kappa shape index (κ3) is 9.84. The first-order valence-electron chi connectivity index (χ1n) is 11.2. The first-order valence-corrected chi connectivity index (χ1v) is 11.8. The van der Waals surface area contributed by atoms with Crippen LogP contribution in [0.3, 0.4) is 0 Å². The molecule has 0 aliphatic carbocycles. The van der Waals surface area contributed by atoms with Gasteiger partial charge < -0.3 is 18.9 Å². The van der Waals surface area contributed by atoms with Crippen molar-refractivity contribution in [3.8, 4) is 0 Å². The van der Waals surface area contributed by atoms with Crippen LogP contribution in [0.2, 0.25) is 0 Å². The molecular formula is C24H42O4S. The Hall–Kier alpha value is -0.590. The second kappa shape index (κ2) is 17.1. The third-order valence-corrected chi connectivity index (χ3v) is 5.56. The van der Waals surface area contributed by atoms with Gasteiger partial charge in [-0.2, -0.15) is 12.6 Å². The minimum absolute atomic E-state index is 0.224. The van der Waals surface area contributed by atoms with Crippen molar-refractivity contribution in [3.63, 3.8) is 0 Å². The second-order valence-electron chi connectivity index (χ2n) is 7.48. The summed E-state index contributed by atoms with van der Waals surface area (Å²) < 4.78 is 23.5. The van der Waals surface area contributed by atoms with E-state index in [4.69, 9.17) is 18.9 Å². The molecule has 1 atom stereocenters. The quantitative estimate of drug-likeness (QED) is 0.171. The van der Waals surface area contributed by atoms with Gasteiger partial charge in [-0.25, -0.2) is 0 Å². The Bertz CT molecular complexity index is 473. The molecule has 1 rings (SSSR count). The van der Waals surface area contributed by atoms with Crippen LogP contribution in [0.15, 0.2) is 30.3 Å². The van der Waals surface area contributed by atoms with E-state index in [0.29, 0.717) is 26.4 Å². The molecule has 0 aliphatic heterocycles. The first-order chi connectivity index (χ1) is 14.2. The van der Waals surface area contributed by atoms with Gasteiger partial charge in [0.15, 0.2) is 5.79 Å². The fourth-order valence-electron chi connectivity index (χ4n) is 3.75. The lowest BCUT2D eigenvalue weighted by Crippen LogP contribution is -2.43. The maximum Gasteiger partial charge on any atom is 0.197 e. The Balaban J connectivity index is 3.01. The lowest BCUT2D eigenvalue weighted by Gasteiger charge is -2.41. The summed E-state index contributed by atoms with van der Waals surface area (Å²) in [6.45, 7) is 4.29. The highest BCUT2D eigenvalue weighted by molar-refractivity contribution is 7.80. The van der Waals surface area contributed by atoms with Crippen LogP contribution in [0.1, 0.15) is 63.9 Å². The number of hydrogen-bond donors (Lipinski definition) is 1. The number of benzene rings is 1. The highest BCUT2D eigenvalue weighted by atomic mass is 32.1. The molecule has 4 nitrogen and oxygen atoms in total. The molecule has 0 heterocycles. The molecule has 29 heavy (non-hydrogen) atoms. The zero-order valence-electron chi connectivity index (χ0n) is 18.7. The van der Waals surface area contributed by atoms with Gasteiger partial charge in [0.2, 0.25) is 0 Å². The predicted octanol–water partition coefficient (Wildman–Crippen LogP) is 5.85. The fraction of sp³-hybridized carbons (Fsp3) is 0.750. The van der Waals surface area contributed by atoms with Gasteiger partial charge in [0, 0.05) is 25.7 Å². The number of methoxy groups -OCH3 is 2. The summed E-state index contributed by atoms with van der Waals surface area (Å²) in [4.78, 5) is 0. The molecule has 1 aromatic rings. The minimum Gasteiger partial charge on any atom is -0.382 e. The highest BCUT2D eigenvalue weighted by Gasteiger charge is 2.42. The Kier molecular flexibility index (Phi) is 15.6. The molecule has 0 saturated carbocycles. The van der Waals surface area contributed by atoms with E-state index in [9.17, 15) is 0 Å². The van der Waals surface area contributed by atoms with Crippen molar-refractivity contribution in [1.29, 1.82) is 0 Å². The van der Waals surface area contributed by atoms with Crippen LogP contribution in [-0.4, -0.2) is 46.4 Å². The van der Waals surface area contributed by atoms with Crippen LogP contribution >= 0.6 is 12.6 Å². The van der Waals surface area contributed by atoms with E-state index in [2.05, 4.69) is 31.7 Å². The van der Waals surface area contributed by atoms with Crippen molar-refractivity contribution < 1.29 is 18.9 Å². The van der Waals surface area contributed by atoms with Crippen molar-refractivity contribution in [2.24, 2.45) is 5.92 Å². The summed E-state index contributed by atoms with van der Waals surface area (Å²) in [5, 5.41) is 0. The summed E-state index contributed by atoms with van der Waals surface area (Å²) in [6.07, 6.45) is 9.66. The van der Waals surface area contributed by atoms with Crippen LogP contribution in [0.5, 0.6) is 0 Å². The molecular weight excluding hydrogens is 384 g/mol. The largest absolute Gasteiger partial charge is 0.382 e. The summed E-state index contributed by atoms with van der Waals surface area (Å²) >= 11 is 4.55. The Morgan fingerprint density at radius 3 is 1.93 bits per heavy atom. The minimum atomic E-state index is -0.801. The molecule has 168 valence electrons. The fourth-order valence-corrected chi connectivity index (χ4v) is 4.07. The standard InChI is InChI=1S/C24H42O4S/c1-4-5-6-7-8-10-15-23(16-21-29)24(27-19-17-25-2,28-20-18-26-3)22-13-11-9-12-14-22/h9,11-14,23,29H,4-8,10,15-21H2,1-3H3. The predicted molar refractivity (Wildman–Crippen MR) is 124 cm³/mol. The van der Waals surface area contributed by atoms with Gasteiger partial charge in [0.05, 0.1) is 26.4 Å². The summed E-state index contributed by atoms with van der Waals surface area (Å²) in [7, 11) is 3.39. The van der Waals surface area contributed by atoms with Crippen LogP contribution in [0.4, 0.5) is 0 Å². The van der Waals surface area contributed by atoms with E-state index in [1.165, 1.54) is 38.5 Å². The molecule has 0 amide bonds. The molecule has 1 unspecified atom stereocenters. The molecule has 0 N–H and O–H groups in total. The van der Waals surface area contributed by atoms with E-state index < -0.39 is 5.79 Å². The zero-order valence-corrected chi connectivity index (χ0v) is 19.6. The van der Waals surface area contributed by atoms with Gasteiger partial charge in [-0.1, -0.05) is 75.8 Å². The molecule has 5 heteroatoms. The van der Waals surface area contributed by atoms with Gasteiger partial charge in [0.25, 0.3) is 0 Å². The van der Waals surface area contributed by atoms with Crippen molar-refractivity contribution in [2.75, 3.05) is 46.4 Å². The number of thiol groups is 1. The maximum atomic E-state index is 6.48. The van der Waals surface area contributed by atoms with Gasteiger partial charge in [-0.15, -0.1) is 0 Å². The molecule has 0 saturated heterocycles. The van der Waals surface area contributed by atoms with Gasteiger partial charge >= 0.3 is 0 Å². The second-order valence-corrected chi connectivity index (χ2v) is 7.93. The molecule has 0 aliphatic rings. The molecule has 0 radical (unpaired) electrons. The average molecular weight is 427 g/mol. The number of ether oxygens (including phenoxy) is 4. The van der Waals surface area contributed by atoms with E-state index in [-0.39, 0.29) is 5.92 Å². The smallest absolute Gasteiger partial charge is 0.197 e. The first kappa shape index (κ1) is 26.4. The van der Waals surface area contributed by atoms with Crippen molar-refractivity contribution in [3.05, 3.63) is 35.9 Å². The Morgan fingerprint density at radius 2 is 1.38 bits per heavy atom. The van der Waals surface area contributed by atoms with Crippen molar-refractivity contribution in [1.82, 2.24) is 0 Å². The number of unbranched alkanes of at least 4 members (excludes halogenated alkanes) is 5. The molecule has 0 aromatic heterocycles. The normalized spacial score (nSPS) is 13.0. The average Bonchev–Trinajstić information content (AvgIpc) is 2.75. The molecule has 0 bridgehead atoms. The zero-order chi connectivity index (χ0) is 21.2. The van der Waals surface area contributed by atoms with E-state index in [0.717, 1.165) is 24.2 Å². The van der Waals surface area contributed by atoms with Gasteiger partial charge in [-0.05, 0) is 18.6 Å². The Morgan fingerprint density at radius 1 is 0.793 bits per heavy atom. The van der Waals surface area contributed by atoms with Crippen LogP contribution in [0, 0.1) is 5.92 Å². The molecule has 1 aromatic carbocycles. The topological polar surface area (TPSA) is 36.9 Å². The van der Waals surface area contributed by atoms with Crippen LogP contribution in [0.25, 0.3) is 0 Å². The van der Waals surface area contributed by atoms with Gasteiger partial charge in [0.1, 0.15) is 0 Å². The van der Waals surface area contributed by atoms with Crippen LogP contribution in [-0.2, 0) is 24.7 Å². The summed E-state index contributed by atoms with van der Waals surface area (Å²) in [6, 6.07) is 10.3. The van der Waals surface area contributed by atoms with Crippen LogP contribution < -0.4 is 0 Å².